The van der Waals surface area contributed by atoms with Crippen LogP contribution in [0.1, 0.15) is 0 Å². The second kappa shape index (κ2) is 4.96. The summed E-state index contributed by atoms with van der Waals surface area (Å²) < 4.78 is 0. The third kappa shape index (κ3) is 3.22. The van der Waals surface area contributed by atoms with Crippen LogP contribution in [0.5, 0.6) is 0 Å². The molecule has 8 heavy (non-hydrogen) atoms. The van der Waals surface area contributed by atoms with Gasteiger partial charge in [0, 0.05) is 68.7 Å². The number of rotatable bonds is 0. The van der Waals surface area contributed by atoms with E-state index in [1.54, 1.807) is 12.4 Å². The Hall–Kier alpha value is 1.14. The number of nitrogens with zero attached hydrogens (tertiary/aromatic N) is 1. The predicted octanol–water partition coefficient (Wildman–Crippen LogP) is 0.989. The van der Waals surface area contributed by atoms with E-state index >= 15 is 0 Å². The molecule has 0 aliphatic rings. The number of aromatic nitrogens is 1. The van der Waals surface area contributed by atoms with Gasteiger partial charge in [0.25, 0.3) is 0 Å². The third-order valence-corrected chi connectivity index (χ3v) is 0.961. The quantitative estimate of drug-likeness (QED) is 0.430. The predicted molar refractivity (Wildman–Crippen MR) is 37.2 cm³/mol. The van der Waals surface area contributed by atoms with Gasteiger partial charge in [0.2, 0.25) is 0 Å². The molecule has 0 saturated carbocycles. The Bertz CT molecular complexity index is 142. The van der Waals surface area contributed by atoms with E-state index in [9.17, 15) is 0 Å². The average Bonchev–Trinajstić information content (AvgIpc) is 1.69. The van der Waals surface area contributed by atoms with Crippen LogP contribution in [0.25, 0.3) is 0 Å². The van der Waals surface area contributed by atoms with Crippen molar-refractivity contribution >= 4 is 64.0 Å². The third-order valence-electron chi connectivity index (χ3n) is 0.663. The summed E-state index contributed by atoms with van der Waals surface area (Å²) >= 11 is 4.04. The van der Waals surface area contributed by atoms with Crippen LogP contribution < -0.4 is 0 Å². The maximum atomic E-state index is 4.04. The van der Waals surface area contributed by atoms with Crippen LogP contribution in [0.15, 0.2) is 29.4 Å². The molecule has 1 radical (unpaired) electrons. The molecule has 0 fully saturated rings. The molecule has 0 N–H and O–H groups in total. The minimum Gasteiger partial charge on any atom is -0.265 e. The van der Waals surface area contributed by atoms with Crippen LogP contribution in [-0.2, 0) is 0 Å². The Morgan fingerprint density at radius 1 is 1.25 bits per heavy atom. The van der Waals surface area contributed by atoms with E-state index in [1.807, 2.05) is 12.1 Å². The Kier molecular flexibility index (Phi) is 5.67. The SMILES string of the molecule is Sc1ccncc1.[K]. The van der Waals surface area contributed by atoms with Gasteiger partial charge in [-0.05, 0) is 12.1 Å². The van der Waals surface area contributed by atoms with Crippen molar-refractivity contribution in [3.63, 3.8) is 0 Å². The molecule has 0 aromatic carbocycles. The van der Waals surface area contributed by atoms with Gasteiger partial charge in [-0.1, -0.05) is 0 Å². The molecule has 1 nitrogen and oxygen atoms in total. The maximum absolute atomic E-state index is 4.04. The van der Waals surface area contributed by atoms with Gasteiger partial charge in [-0.3, -0.25) is 4.98 Å². The van der Waals surface area contributed by atoms with Crippen molar-refractivity contribution in [1.82, 2.24) is 4.98 Å². The summed E-state index contributed by atoms with van der Waals surface area (Å²) in [5.74, 6) is 0. The fraction of sp³-hybridized carbons (Fsp3) is 0. The van der Waals surface area contributed by atoms with Crippen LogP contribution in [-0.4, -0.2) is 56.4 Å². The first-order valence-electron chi connectivity index (χ1n) is 1.98. The van der Waals surface area contributed by atoms with Crippen molar-refractivity contribution in [2.45, 2.75) is 4.90 Å². The molecular formula is C5H5KNS. The molecule has 0 unspecified atom stereocenters. The summed E-state index contributed by atoms with van der Waals surface area (Å²) in [6, 6.07) is 3.67. The van der Waals surface area contributed by atoms with Gasteiger partial charge in [0.1, 0.15) is 0 Å². The normalized spacial score (nSPS) is 7.62. The second-order valence-corrected chi connectivity index (χ2v) is 1.72. The van der Waals surface area contributed by atoms with Gasteiger partial charge >= 0.3 is 0 Å². The van der Waals surface area contributed by atoms with Crippen LogP contribution >= 0.6 is 12.6 Å². The Morgan fingerprint density at radius 2 is 1.75 bits per heavy atom. The first-order valence-corrected chi connectivity index (χ1v) is 2.43. The summed E-state index contributed by atoms with van der Waals surface area (Å²) in [6.45, 7) is 0. The van der Waals surface area contributed by atoms with Crippen molar-refractivity contribution in [1.29, 1.82) is 0 Å². The molecule has 0 bridgehead atoms. The van der Waals surface area contributed by atoms with Crippen molar-refractivity contribution in [3.8, 4) is 0 Å². The molecule has 0 aliphatic heterocycles. The molecular weight excluding hydrogens is 145 g/mol. The Labute approximate surface area is 96.7 Å². The van der Waals surface area contributed by atoms with Gasteiger partial charge in [-0.25, -0.2) is 0 Å². The number of pyridine rings is 1. The number of hydrogen-bond donors (Lipinski definition) is 1. The van der Waals surface area contributed by atoms with Gasteiger partial charge in [-0.2, -0.15) is 0 Å². The van der Waals surface area contributed by atoms with Crippen molar-refractivity contribution in [2.75, 3.05) is 0 Å². The van der Waals surface area contributed by atoms with Crippen molar-refractivity contribution in [2.24, 2.45) is 0 Å². The van der Waals surface area contributed by atoms with E-state index < -0.39 is 0 Å². The Morgan fingerprint density at radius 3 is 2.00 bits per heavy atom. The van der Waals surface area contributed by atoms with E-state index in [0.29, 0.717) is 0 Å². The number of hydrogen-bond acceptors (Lipinski definition) is 2. The van der Waals surface area contributed by atoms with Gasteiger partial charge in [0.05, 0.1) is 0 Å². The van der Waals surface area contributed by atoms with E-state index in [-0.39, 0.29) is 51.4 Å². The Balaban J connectivity index is 0.000000490. The van der Waals surface area contributed by atoms with Crippen LogP contribution in [0.2, 0.25) is 0 Å². The van der Waals surface area contributed by atoms with Gasteiger partial charge in [-0.15, -0.1) is 12.6 Å². The zero-order valence-corrected chi connectivity index (χ0v) is 8.72. The fourth-order valence-corrected chi connectivity index (χ4v) is 0.477. The smallest absolute Gasteiger partial charge is 0.0278 e. The van der Waals surface area contributed by atoms with Crippen LogP contribution in [0, 0.1) is 0 Å². The molecule has 0 atom stereocenters. The molecule has 0 saturated heterocycles. The molecule has 1 heterocycles. The topological polar surface area (TPSA) is 12.9 Å². The van der Waals surface area contributed by atoms with Crippen molar-refractivity contribution in [3.05, 3.63) is 24.5 Å². The molecule has 3 heteroatoms. The largest absolute Gasteiger partial charge is 0.265 e. The molecule has 0 spiro atoms. The van der Waals surface area contributed by atoms with Gasteiger partial charge in [0.15, 0.2) is 0 Å². The summed E-state index contributed by atoms with van der Waals surface area (Å²) in [5.41, 5.74) is 0. The zero-order chi connectivity index (χ0) is 5.11. The van der Waals surface area contributed by atoms with Crippen LogP contribution in [0.3, 0.4) is 0 Å². The molecule has 37 valence electrons. The number of thiol groups is 1. The fourth-order valence-electron chi connectivity index (χ4n) is 0.344. The monoisotopic (exact) mass is 150 g/mol. The summed E-state index contributed by atoms with van der Waals surface area (Å²) in [4.78, 5) is 4.75. The molecule has 0 aliphatic carbocycles. The van der Waals surface area contributed by atoms with E-state index in [1.165, 1.54) is 0 Å². The summed E-state index contributed by atoms with van der Waals surface area (Å²) in [6.07, 6.45) is 3.42. The molecule has 0 amide bonds. The minimum absolute atomic E-state index is 0. The first-order chi connectivity index (χ1) is 3.39. The van der Waals surface area contributed by atoms with E-state index in [0.717, 1.165) is 4.90 Å². The van der Waals surface area contributed by atoms with Crippen LogP contribution in [0.4, 0.5) is 0 Å². The molecule has 1 aromatic rings. The van der Waals surface area contributed by atoms with Crippen molar-refractivity contribution < 1.29 is 0 Å². The molecule has 1 aromatic heterocycles. The van der Waals surface area contributed by atoms with Gasteiger partial charge < -0.3 is 0 Å². The minimum atomic E-state index is 0. The summed E-state index contributed by atoms with van der Waals surface area (Å²) in [7, 11) is 0. The summed E-state index contributed by atoms with van der Waals surface area (Å²) in [5, 5.41) is 0. The zero-order valence-electron chi connectivity index (χ0n) is 4.70. The maximum Gasteiger partial charge on any atom is 0.0278 e. The average molecular weight is 150 g/mol. The van der Waals surface area contributed by atoms with E-state index in [2.05, 4.69) is 17.6 Å². The first kappa shape index (κ1) is 9.14. The van der Waals surface area contributed by atoms with E-state index in [4.69, 9.17) is 0 Å². The standard InChI is InChI=1S/C5H5NS.K/c7-5-1-3-6-4-2-5;/h1-4H,(H,6,7);. The molecule has 1 rings (SSSR count). The second-order valence-electron chi connectivity index (χ2n) is 1.21.